The Balaban J connectivity index is 1.98. The second kappa shape index (κ2) is 5.96. The van der Waals surface area contributed by atoms with E-state index in [1.807, 2.05) is 11.8 Å². The molecule has 2 rings (SSSR count). The molecule has 98 valence electrons. The van der Waals surface area contributed by atoms with Gasteiger partial charge in [-0.05, 0) is 37.6 Å². The van der Waals surface area contributed by atoms with E-state index < -0.39 is 0 Å². The first-order valence-corrected chi connectivity index (χ1v) is 6.45. The van der Waals surface area contributed by atoms with Crippen LogP contribution in [0.1, 0.15) is 18.9 Å². The number of hydrogen-bond donors (Lipinski definition) is 1. The van der Waals surface area contributed by atoms with Crippen LogP contribution in [-0.2, 0) is 11.2 Å². The van der Waals surface area contributed by atoms with Crippen molar-refractivity contribution in [3.63, 3.8) is 0 Å². The molecule has 1 aromatic carbocycles. The molecule has 1 aliphatic rings. The summed E-state index contributed by atoms with van der Waals surface area (Å²) in [6, 6.07) is 6.46. The van der Waals surface area contributed by atoms with E-state index in [1.54, 1.807) is 12.1 Å². The van der Waals surface area contributed by atoms with Crippen LogP contribution in [0.3, 0.4) is 0 Å². The number of nitrogens with zero attached hydrogens (tertiary/aromatic N) is 1. The molecule has 1 atom stereocenters. The van der Waals surface area contributed by atoms with Crippen molar-refractivity contribution >= 4 is 5.91 Å². The van der Waals surface area contributed by atoms with Crippen LogP contribution in [0.2, 0.25) is 0 Å². The molecule has 18 heavy (non-hydrogen) atoms. The molecule has 1 saturated heterocycles. The number of rotatable bonds is 4. The fraction of sp³-hybridized carbons (Fsp3) is 0.500. The summed E-state index contributed by atoms with van der Waals surface area (Å²) in [6.07, 6.45) is 1.37. The molecule has 4 heteroatoms. The Hall–Kier alpha value is -1.42. The molecule has 0 aliphatic carbocycles. The lowest BCUT2D eigenvalue weighted by Crippen LogP contribution is -2.42. The Bertz CT molecular complexity index is 399. The van der Waals surface area contributed by atoms with Crippen LogP contribution < -0.4 is 5.32 Å². The van der Waals surface area contributed by atoms with Gasteiger partial charge in [0.05, 0.1) is 6.42 Å². The molecule has 1 aromatic rings. The van der Waals surface area contributed by atoms with Crippen LogP contribution >= 0.6 is 0 Å². The first-order chi connectivity index (χ1) is 8.70. The van der Waals surface area contributed by atoms with Crippen molar-refractivity contribution < 1.29 is 9.18 Å². The minimum atomic E-state index is -0.265. The van der Waals surface area contributed by atoms with Crippen LogP contribution in [0, 0.1) is 5.82 Å². The van der Waals surface area contributed by atoms with Crippen LogP contribution in [0.15, 0.2) is 24.3 Å². The number of likely N-dealkylation sites (N-methyl/N-ethyl adjacent to an activating group) is 1. The van der Waals surface area contributed by atoms with E-state index in [-0.39, 0.29) is 11.7 Å². The van der Waals surface area contributed by atoms with E-state index in [0.29, 0.717) is 12.5 Å². The van der Waals surface area contributed by atoms with Crippen molar-refractivity contribution in [1.82, 2.24) is 10.2 Å². The van der Waals surface area contributed by atoms with Gasteiger partial charge in [-0.3, -0.25) is 4.79 Å². The number of nitrogens with one attached hydrogen (secondary N) is 1. The van der Waals surface area contributed by atoms with Crippen LogP contribution in [0.4, 0.5) is 4.39 Å². The molecule has 0 radical (unpaired) electrons. The quantitative estimate of drug-likeness (QED) is 0.880. The summed E-state index contributed by atoms with van der Waals surface area (Å²) in [5.74, 6) is -0.142. The number of hydrogen-bond acceptors (Lipinski definition) is 2. The molecule has 0 bridgehead atoms. The highest BCUT2D eigenvalue weighted by Gasteiger charge is 2.24. The SMILES string of the molecule is CCN(C(=O)Cc1ccc(F)cc1)C1CCNC1. The fourth-order valence-corrected chi connectivity index (χ4v) is 2.42. The molecule has 1 aliphatic heterocycles. The fourth-order valence-electron chi connectivity index (χ4n) is 2.42. The minimum absolute atomic E-state index is 0.123. The zero-order valence-electron chi connectivity index (χ0n) is 10.7. The summed E-state index contributed by atoms with van der Waals surface area (Å²) in [7, 11) is 0. The summed E-state index contributed by atoms with van der Waals surface area (Å²) >= 11 is 0. The lowest BCUT2D eigenvalue weighted by atomic mass is 10.1. The van der Waals surface area contributed by atoms with Gasteiger partial charge in [0.2, 0.25) is 5.91 Å². The number of carbonyl (C=O) groups excluding carboxylic acids is 1. The molecule has 3 nitrogen and oxygen atoms in total. The highest BCUT2D eigenvalue weighted by molar-refractivity contribution is 5.79. The van der Waals surface area contributed by atoms with Crippen LogP contribution in [0.25, 0.3) is 0 Å². The highest BCUT2D eigenvalue weighted by atomic mass is 19.1. The van der Waals surface area contributed by atoms with E-state index in [0.717, 1.165) is 31.6 Å². The lowest BCUT2D eigenvalue weighted by molar-refractivity contribution is -0.132. The van der Waals surface area contributed by atoms with Gasteiger partial charge in [0.25, 0.3) is 0 Å². The van der Waals surface area contributed by atoms with Crippen molar-refractivity contribution in [2.75, 3.05) is 19.6 Å². The number of benzene rings is 1. The number of carbonyl (C=O) groups is 1. The maximum Gasteiger partial charge on any atom is 0.227 e. The Morgan fingerprint density at radius 1 is 1.44 bits per heavy atom. The molecule has 0 saturated carbocycles. The largest absolute Gasteiger partial charge is 0.338 e. The van der Waals surface area contributed by atoms with Gasteiger partial charge >= 0.3 is 0 Å². The van der Waals surface area contributed by atoms with E-state index in [2.05, 4.69) is 5.32 Å². The summed E-state index contributed by atoms with van der Waals surface area (Å²) in [5, 5.41) is 3.27. The highest BCUT2D eigenvalue weighted by Crippen LogP contribution is 2.11. The lowest BCUT2D eigenvalue weighted by Gasteiger charge is -2.27. The zero-order valence-corrected chi connectivity index (χ0v) is 10.7. The summed E-state index contributed by atoms with van der Waals surface area (Å²) in [5.41, 5.74) is 0.866. The zero-order chi connectivity index (χ0) is 13.0. The summed E-state index contributed by atoms with van der Waals surface area (Å²) in [4.78, 5) is 14.1. The van der Waals surface area contributed by atoms with Crippen molar-refractivity contribution in [2.24, 2.45) is 0 Å². The average molecular weight is 250 g/mol. The normalized spacial score (nSPS) is 18.9. The van der Waals surface area contributed by atoms with Gasteiger partial charge < -0.3 is 10.2 Å². The van der Waals surface area contributed by atoms with E-state index in [9.17, 15) is 9.18 Å². The van der Waals surface area contributed by atoms with Gasteiger partial charge in [-0.25, -0.2) is 4.39 Å². The van der Waals surface area contributed by atoms with Crippen LogP contribution in [-0.4, -0.2) is 36.5 Å². The van der Waals surface area contributed by atoms with Crippen molar-refractivity contribution in [3.05, 3.63) is 35.6 Å². The first-order valence-electron chi connectivity index (χ1n) is 6.45. The molecular formula is C14H19FN2O. The molecule has 1 fully saturated rings. The maximum atomic E-state index is 12.8. The Morgan fingerprint density at radius 2 is 2.17 bits per heavy atom. The third kappa shape index (κ3) is 3.07. The second-order valence-corrected chi connectivity index (χ2v) is 4.63. The van der Waals surface area contributed by atoms with Gasteiger partial charge in [-0.15, -0.1) is 0 Å². The van der Waals surface area contributed by atoms with E-state index in [1.165, 1.54) is 12.1 Å². The smallest absolute Gasteiger partial charge is 0.227 e. The average Bonchev–Trinajstić information content (AvgIpc) is 2.87. The molecule has 0 spiro atoms. The predicted molar refractivity (Wildman–Crippen MR) is 68.8 cm³/mol. The summed E-state index contributed by atoms with van der Waals surface area (Å²) < 4.78 is 12.8. The Labute approximate surface area is 107 Å². The van der Waals surface area contributed by atoms with E-state index in [4.69, 9.17) is 0 Å². The van der Waals surface area contributed by atoms with Gasteiger partial charge in [-0.1, -0.05) is 12.1 Å². The van der Waals surface area contributed by atoms with Crippen molar-refractivity contribution in [1.29, 1.82) is 0 Å². The minimum Gasteiger partial charge on any atom is -0.338 e. The molecule has 1 heterocycles. The van der Waals surface area contributed by atoms with Crippen LogP contribution in [0.5, 0.6) is 0 Å². The standard InChI is InChI=1S/C14H19FN2O/c1-2-17(13-7-8-16-10-13)14(18)9-11-3-5-12(15)6-4-11/h3-6,13,16H,2,7-10H2,1H3. The van der Waals surface area contributed by atoms with Gasteiger partial charge in [0.1, 0.15) is 5.82 Å². The molecule has 1 amide bonds. The third-order valence-corrected chi connectivity index (χ3v) is 3.40. The summed E-state index contributed by atoms with van der Waals surface area (Å²) in [6.45, 7) is 4.58. The molecule has 1 N–H and O–H groups in total. The molecule has 0 aromatic heterocycles. The first kappa shape index (κ1) is 13.0. The van der Waals surface area contributed by atoms with E-state index >= 15 is 0 Å². The third-order valence-electron chi connectivity index (χ3n) is 3.40. The number of amides is 1. The number of halogens is 1. The van der Waals surface area contributed by atoms with Gasteiger partial charge in [0, 0.05) is 19.1 Å². The topological polar surface area (TPSA) is 32.3 Å². The van der Waals surface area contributed by atoms with Gasteiger partial charge in [-0.2, -0.15) is 0 Å². The maximum absolute atomic E-state index is 12.8. The predicted octanol–water partition coefficient (Wildman–Crippen LogP) is 1.58. The van der Waals surface area contributed by atoms with Crippen molar-refractivity contribution in [2.45, 2.75) is 25.8 Å². The second-order valence-electron chi connectivity index (χ2n) is 4.63. The Kier molecular flexibility index (Phi) is 4.31. The van der Waals surface area contributed by atoms with Gasteiger partial charge in [0.15, 0.2) is 0 Å². The monoisotopic (exact) mass is 250 g/mol. The molecule has 1 unspecified atom stereocenters. The molecular weight excluding hydrogens is 231 g/mol. The Morgan fingerprint density at radius 3 is 2.72 bits per heavy atom. The van der Waals surface area contributed by atoms with Crippen molar-refractivity contribution in [3.8, 4) is 0 Å².